The summed E-state index contributed by atoms with van der Waals surface area (Å²) in [5.41, 5.74) is 0.707. The SMILES string of the molecule is O=C(Nc1cccc(Br)c1)Nc1ccco1. The average molecular weight is 281 g/mol. The van der Waals surface area contributed by atoms with Crippen molar-refractivity contribution >= 4 is 33.5 Å². The zero-order valence-electron chi connectivity index (χ0n) is 8.24. The molecule has 0 bridgehead atoms. The van der Waals surface area contributed by atoms with E-state index in [0.717, 1.165) is 4.47 Å². The van der Waals surface area contributed by atoms with Crippen LogP contribution in [0.25, 0.3) is 0 Å². The molecule has 0 saturated carbocycles. The van der Waals surface area contributed by atoms with Crippen molar-refractivity contribution < 1.29 is 9.21 Å². The van der Waals surface area contributed by atoms with Crippen LogP contribution in [-0.4, -0.2) is 6.03 Å². The first kappa shape index (κ1) is 10.8. The van der Waals surface area contributed by atoms with Crippen LogP contribution in [0.1, 0.15) is 0 Å². The molecular formula is C11H9BrN2O2. The van der Waals surface area contributed by atoms with Crippen molar-refractivity contribution in [1.29, 1.82) is 0 Å². The van der Waals surface area contributed by atoms with E-state index < -0.39 is 0 Å². The molecule has 0 spiro atoms. The van der Waals surface area contributed by atoms with E-state index in [1.807, 2.05) is 18.2 Å². The molecule has 1 aromatic heterocycles. The smallest absolute Gasteiger partial charge is 0.326 e. The number of urea groups is 1. The molecule has 0 aliphatic carbocycles. The van der Waals surface area contributed by atoms with E-state index in [9.17, 15) is 4.79 Å². The molecule has 2 N–H and O–H groups in total. The quantitative estimate of drug-likeness (QED) is 0.882. The highest BCUT2D eigenvalue weighted by Crippen LogP contribution is 2.16. The molecule has 2 amide bonds. The van der Waals surface area contributed by atoms with E-state index in [0.29, 0.717) is 11.6 Å². The summed E-state index contributed by atoms with van der Waals surface area (Å²) in [5.74, 6) is 0.410. The van der Waals surface area contributed by atoms with Gasteiger partial charge in [-0.3, -0.25) is 5.32 Å². The van der Waals surface area contributed by atoms with Crippen LogP contribution in [0, 0.1) is 0 Å². The number of amides is 2. The molecule has 2 rings (SSSR count). The first-order valence-corrected chi connectivity index (χ1v) is 5.40. The minimum absolute atomic E-state index is 0.340. The number of halogens is 1. The van der Waals surface area contributed by atoms with Crippen molar-refractivity contribution in [3.63, 3.8) is 0 Å². The van der Waals surface area contributed by atoms with Crippen LogP contribution < -0.4 is 10.6 Å². The van der Waals surface area contributed by atoms with E-state index in [4.69, 9.17) is 4.42 Å². The van der Waals surface area contributed by atoms with E-state index in [1.54, 1.807) is 18.2 Å². The lowest BCUT2D eigenvalue weighted by Gasteiger charge is -2.05. The molecule has 0 atom stereocenters. The summed E-state index contributed by atoms with van der Waals surface area (Å²) in [6.07, 6.45) is 1.49. The van der Waals surface area contributed by atoms with Crippen LogP contribution in [0.15, 0.2) is 51.6 Å². The molecule has 0 unspecified atom stereocenters. The maximum absolute atomic E-state index is 11.5. The summed E-state index contributed by atoms with van der Waals surface area (Å²) >= 11 is 3.32. The van der Waals surface area contributed by atoms with E-state index in [2.05, 4.69) is 26.6 Å². The normalized spacial score (nSPS) is 9.81. The Balaban J connectivity index is 1.97. The van der Waals surface area contributed by atoms with Gasteiger partial charge in [0.2, 0.25) is 5.88 Å². The van der Waals surface area contributed by atoms with Gasteiger partial charge in [-0.2, -0.15) is 0 Å². The monoisotopic (exact) mass is 280 g/mol. The van der Waals surface area contributed by atoms with Crippen molar-refractivity contribution in [1.82, 2.24) is 0 Å². The number of rotatable bonds is 2. The largest absolute Gasteiger partial charge is 0.449 e. The van der Waals surface area contributed by atoms with Gasteiger partial charge in [0.1, 0.15) is 0 Å². The molecule has 1 aromatic carbocycles. The molecule has 0 fully saturated rings. The minimum atomic E-state index is -0.340. The number of carbonyl (C=O) groups excluding carboxylic acids is 1. The molecular weight excluding hydrogens is 272 g/mol. The van der Waals surface area contributed by atoms with Crippen LogP contribution in [0.2, 0.25) is 0 Å². The van der Waals surface area contributed by atoms with E-state index in [-0.39, 0.29) is 6.03 Å². The number of anilines is 2. The Morgan fingerprint density at radius 3 is 2.75 bits per heavy atom. The highest BCUT2D eigenvalue weighted by atomic mass is 79.9. The summed E-state index contributed by atoms with van der Waals surface area (Å²) in [7, 11) is 0. The Bertz CT molecular complexity index is 482. The Labute approximate surface area is 101 Å². The van der Waals surface area contributed by atoms with Crippen LogP contribution in [0.5, 0.6) is 0 Å². The number of carbonyl (C=O) groups is 1. The van der Waals surface area contributed by atoms with E-state index in [1.165, 1.54) is 6.26 Å². The first-order valence-electron chi connectivity index (χ1n) is 4.61. The zero-order chi connectivity index (χ0) is 11.4. The second-order valence-corrected chi connectivity index (χ2v) is 3.98. The second-order valence-electron chi connectivity index (χ2n) is 3.07. The first-order chi connectivity index (χ1) is 7.74. The van der Waals surface area contributed by atoms with Crippen molar-refractivity contribution in [3.05, 3.63) is 47.1 Å². The highest BCUT2D eigenvalue weighted by molar-refractivity contribution is 9.10. The van der Waals surface area contributed by atoms with Crippen molar-refractivity contribution in [2.45, 2.75) is 0 Å². The number of benzene rings is 1. The molecule has 0 saturated heterocycles. The van der Waals surface area contributed by atoms with Gasteiger partial charge in [0, 0.05) is 16.2 Å². The highest BCUT2D eigenvalue weighted by Gasteiger charge is 2.03. The topological polar surface area (TPSA) is 54.3 Å². The Hall–Kier alpha value is -1.75. The number of hydrogen-bond acceptors (Lipinski definition) is 2. The lowest BCUT2D eigenvalue weighted by molar-refractivity contribution is 0.261. The molecule has 0 aliphatic rings. The maximum Gasteiger partial charge on any atom is 0.326 e. The maximum atomic E-state index is 11.5. The van der Waals surface area contributed by atoms with Crippen LogP contribution >= 0.6 is 15.9 Å². The summed E-state index contributed by atoms with van der Waals surface area (Å²) in [5, 5.41) is 5.24. The number of hydrogen-bond donors (Lipinski definition) is 2. The summed E-state index contributed by atoms with van der Waals surface area (Å²) in [6.45, 7) is 0. The van der Waals surface area contributed by atoms with Gasteiger partial charge < -0.3 is 9.73 Å². The predicted octanol–water partition coefficient (Wildman–Crippen LogP) is 3.69. The fourth-order valence-corrected chi connectivity index (χ4v) is 1.59. The van der Waals surface area contributed by atoms with Gasteiger partial charge in [0.05, 0.1) is 6.26 Å². The van der Waals surface area contributed by atoms with Crippen LogP contribution in [-0.2, 0) is 0 Å². The minimum Gasteiger partial charge on any atom is -0.449 e. The summed E-state index contributed by atoms with van der Waals surface area (Å²) in [4.78, 5) is 11.5. The fraction of sp³-hybridized carbons (Fsp3) is 0. The predicted molar refractivity (Wildman–Crippen MR) is 65.5 cm³/mol. The molecule has 0 aliphatic heterocycles. The van der Waals surface area contributed by atoms with Crippen molar-refractivity contribution in [3.8, 4) is 0 Å². The Morgan fingerprint density at radius 1 is 1.19 bits per heavy atom. The van der Waals surface area contributed by atoms with Gasteiger partial charge >= 0.3 is 6.03 Å². The summed E-state index contributed by atoms with van der Waals surface area (Å²) in [6, 6.07) is 10.4. The third-order valence-corrected chi connectivity index (χ3v) is 2.33. The molecule has 0 radical (unpaired) electrons. The van der Waals surface area contributed by atoms with Crippen molar-refractivity contribution in [2.24, 2.45) is 0 Å². The molecule has 1 heterocycles. The second kappa shape index (κ2) is 4.85. The lowest BCUT2D eigenvalue weighted by Crippen LogP contribution is -2.18. The zero-order valence-corrected chi connectivity index (χ0v) is 9.82. The molecule has 82 valence electrons. The van der Waals surface area contributed by atoms with Gasteiger partial charge in [-0.05, 0) is 24.3 Å². The van der Waals surface area contributed by atoms with Gasteiger partial charge in [-0.1, -0.05) is 22.0 Å². The molecule has 2 aromatic rings. The van der Waals surface area contributed by atoms with E-state index >= 15 is 0 Å². The van der Waals surface area contributed by atoms with Crippen molar-refractivity contribution in [2.75, 3.05) is 10.6 Å². The third-order valence-electron chi connectivity index (χ3n) is 1.84. The standard InChI is InChI=1S/C11H9BrN2O2/c12-8-3-1-4-9(7-8)13-11(15)14-10-5-2-6-16-10/h1-7H,(H2,13,14,15). The molecule has 16 heavy (non-hydrogen) atoms. The molecule has 4 nitrogen and oxygen atoms in total. The van der Waals surface area contributed by atoms with Gasteiger partial charge in [-0.15, -0.1) is 0 Å². The Kier molecular flexibility index (Phi) is 3.26. The lowest BCUT2D eigenvalue weighted by atomic mass is 10.3. The fourth-order valence-electron chi connectivity index (χ4n) is 1.19. The average Bonchev–Trinajstić information content (AvgIpc) is 2.70. The Morgan fingerprint density at radius 2 is 2.06 bits per heavy atom. The number of furan rings is 1. The van der Waals surface area contributed by atoms with Gasteiger partial charge in [0.25, 0.3) is 0 Å². The molecule has 5 heteroatoms. The third kappa shape index (κ3) is 2.87. The van der Waals surface area contributed by atoms with Gasteiger partial charge in [0.15, 0.2) is 0 Å². The van der Waals surface area contributed by atoms with Crippen LogP contribution in [0.3, 0.4) is 0 Å². The number of nitrogens with one attached hydrogen (secondary N) is 2. The van der Waals surface area contributed by atoms with Gasteiger partial charge in [-0.25, -0.2) is 4.79 Å². The summed E-state index contributed by atoms with van der Waals surface area (Å²) < 4.78 is 5.89. The van der Waals surface area contributed by atoms with Crippen LogP contribution in [0.4, 0.5) is 16.4 Å².